The van der Waals surface area contributed by atoms with Gasteiger partial charge in [-0.05, 0) is 29.2 Å². The maximum atomic E-state index is 12.7. The quantitative estimate of drug-likeness (QED) is 0.535. The van der Waals surface area contributed by atoms with Crippen molar-refractivity contribution >= 4 is 22.8 Å². The first-order chi connectivity index (χ1) is 14.5. The Bertz CT molecular complexity index is 1230. The molecule has 0 fully saturated rings. The molecule has 0 unspecified atom stereocenters. The first-order valence-corrected chi connectivity index (χ1v) is 9.73. The fourth-order valence-corrected chi connectivity index (χ4v) is 3.17. The molecule has 2 heterocycles. The molecular weight excluding hydrogens is 380 g/mol. The van der Waals surface area contributed by atoms with Crippen molar-refractivity contribution < 1.29 is 4.79 Å². The number of benzene rings is 2. The third kappa shape index (κ3) is 4.12. The van der Waals surface area contributed by atoms with Crippen LogP contribution in [0.2, 0.25) is 0 Å². The van der Waals surface area contributed by atoms with Crippen LogP contribution >= 0.6 is 0 Å². The first kappa shape index (κ1) is 19.5. The molecule has 1 N–H and O–H groups in total. The largest absolute Gasteiger partial charge is 0.325 e. The van der Waals surface area contributed by atoms with E-state index in [9.17, 15) is 9.59 Å². The van der Waals surface area contributed by atoms with E-state index < -0.39 is 5.56 Å². The maximum absolute atomic E-state index is 12.7. The molecule has 0 radical (unpaired) electrons. The number of nitrogens with zero attached hydrogens (tertiary/aromatic N) is 5. The fourth-order valence-electron chi connectivity index (χ4n) is 3.17. The summed E-state index contributed by atoms with van der Waals surface area (Å²) in [6.07, 6.45) is 1.36. The van der Waals surface area contributed by atoms with Gasteiger partial charge in [-0.1, -0.05) is 61.5 Å². The summed E-state index contributed by atoms with van der Waals surface area (Å²) in [6, 6.07) is 17.4. The van der Waals surface area contributed by atoms with Crippen LogP contribution in [-0.2, 0) is 17.9 Å². The van der Waals surface area contributed by atoms with Gasteiger partial charge in [-0.25, -0.2) is 9.67 Å². The van der Waals surface area contributed by atoms with E-state index in [0.717, 1.165) is 5.56 Å². The minimum atomic E-state index is -0.399. The van der Waals surface area contributed by atoms with Crippen molar-refractivity contribution in [3.05, 3.63) is 82.4 Å². The summed E-state index contributed by atoms with van der Waals surface area (Å²) in [5.41, 5.74) is 3.04. The van der Waals surface area contributed by atoms with E-state index >= 15 is 0 Å². The monoisotopic (exact) mass is 402 g/mol. The zero-order chi connectivity index (χ0) is 21.1. The molecule has 0 saturated carbocycles. The summed E-state index contributed by atoms with van der Waals surface area (Å²) in [5.74, 6) is 0.105. The van der Waals surface area contributed by atoms with E-state index in [4.69, 9.17) is 0 Å². The van der Waals surface area contributed by atoms with Crippen LogP contribution in [0.25, 0.3) is 11.2 Å². The second-order valence-corrected chi connectivity index (χ2v) is 7.41. The Balaban J connectivity index is 1.50. The summed E-state index contributed by atoms with van der Waals surface area (Å²) in [7, 11) is 0. The highest BCUT2D eigenvalue weighted by atomic mass is 16.2. The molecule has 0 bridgehead atoms. The molecular formula is C22H22N6O2. The molecule has 4 rings (SSSR count). The van der Waals surface area contributed by atoms with Gasteiger partial charge in [-0.15, -0.1) is 5.10 Å². The number of hydrogen-bond acceptors (Lipinski definition) is 5. The highest BCUT2D eigenvalue weighted by molar-refractivity contribution is 5.90. The average Bonchev–Trinajstić information content (AvgIpc) is 3.14. The summed E-state index contributed by atoms with van der Waals surface area (Å²) in [4.78, 5) is 29.4. The Kier molecular flexibility index (Phi) is 5.38. The summed E-state index contributed by atoms with van der Waals surface area (Å²) >= 11 is 0. The van der Waals surface area contributed by atoms with Crippen molar-refractivity contribution in [1.82, 2.24) is 24.5 Å². The molecule has 1 amide bonds. The van der Waals surface area contributed by atoms with Crippen LogP contribution in [0.3, 0.4) is 0 Å². The van der Waals surface area contributed by atoms with Crippen molar-refractivity contribution in [2.75, 3.05) is 5.32 Å². The van der Waals surface area contributed by atoms with Crippen LogP contribution in [0, 0.1) is 0 Å². The molecule has 30 heavy (non-hydrogen) atoms. The van der Waals surface area contributed by atoms with Crippen LogP contribution in [0.1, 0.15) is 30.9 Å². The zero-order valence-corrected chi connectivity index (χ0v) is 16.8. The van der Waals surface area contributed by atoms with E-state index in [1.165, 1.54) is 16.5 Å². The average molecular weight is 402 g/mol. The predicted octanol–water partition coefficient (Wildman–Crippen LogP) is 2.80. The fraction of sp³-hybridized carbons (Fsp3) is 0.227. The third-order valence-electron chi connectivity index (χ3n) is 4.84. The van der Waals surface area contributed by atoms with Crippen LogP contribution in [-0.4, -0.2) is 30.5 Å². The Labute approximate surface area is 173 Å². The third-order valence-corrected chi connectivity index (χ3v) is 4.84. The molecule has 4 aromatic rings. The van der Waals surface area contributed by atoms with Crippen molar-refractivity contribution in [2.45, 2.75) is 32.9 Å². The van der Waals surface area contributed by atoms with Gasteiger partial charge in [0.15, 0.2) is 11.2 Å². The van der Waals surface area contributed by atoms with Gasteiger partial charge >= 0.3 is 0 Å². The van der Waals surface area contributed by atoms with Gasteiger partial charge < -0.3 is 5.32 Å². The number of nitrogens with one attached hydrogen (secondary N) is 1. The maximum Gasteiger partial charge on any atom is 0.283 e. The molecule has 8 heteroatoms. The normalized spacial score (nSPS) is 11.2. The molecule has 0 aliphatic heterocycles. The molecule has 2 aromatic carbocycles. The van der Waals surface area contributed by atoms with E-state index in [2.05, 4.69) is 34.5 Å². The summed E-state index contributed by atoms with van der Waals surface area (Å²) in [5, 5.41) is 10.8. The van der Waals surface area contributed by atoms with Gasteiger partial charge in [0, 0.05) is 5.69 Å². The molecule has 0 atom stereocenters. The number of fused-ring (bicyclic) bond motifs is 1. The number of amides is 1. The molecule has 0 aliphatic rings. The van der Waals surface area contributed by atoms with Crippen molar-refractivity contribution in [2.24, 2.45) is 0 Å². The SMILES string of the molecule is CC(C)c1ccc(NC(=O)Cn2cnc3c(nnn3Cc3ccccc3)c2=O)cc1. The summed E-state index contributed by atoms with van der Waals surface area (Å²) < 4.78 is 2.81. The lowest BCUT2D eigenvalue weighted by molar-refractivity contribution is -0.116. The number of anilines is 1. The smallest absolute Gasteiger partial charge is 0.283 e. The van der Waals surface area contributed by atoms with Crippen molar-refractivity contribution in [1.29, 1.82) is 0 Å². The Morgan fingerprint density at radius 2 is 1.80 bits per heavy atom. The lowest BCUT2D eigenvalue weighted by atomic mass is 10.0. The second-order valence-electron chi connectivity index (χ2n) is 7.41. The Hall–Kier alpha value is -3.81. The van der Waals surface area contributed by atoms with Gasteiger partial charge in [0.2, 0.25) is 5.91 Å². The van der Waals surface area contributed by atoms with Crippen molar-refractivity contribution in [3.63, 3.8) is 0 Å². The lowest BCUT2D eigenvalue weighted by Crippen LogP contribution is -2.28. The molecule has 8 nitrogen and oxygen atoms in total. The first-order valence-electron chi connectivity index (χ1n) is 9.73. The number of carbonyl (C=O) groups excluding carboxylic acids is 1. The van der Waals surface area contributed by atoms with E-state index in [-0.39, 0.29) is 18.0 Å². The van der Waals surface area contributed by atoms with Gasteiger partial charge in [0.25, 0.3) is 5.56 Å². The number of hydrogen-bond donors (Lipinski definition) is 1. The summed E-state index contributed by atoms with van der Waals surface area (Å²) in [6.45, 7) is 4.53. The number of rotatable bonds is 6. The van der Waals surface area contributed by atoms with E-state index in [1.54, 1.807) is 4.68 Å². The molecule has 152 valence electrons. The van der Waals surface area contributed by atoms with Crippen molar-refractivity contribution in [3.8, 4) is 0 Å². The zero-order valence-electron chi connectivity index (χ0n) is 16.8. The predicted molar refractivity (Wildman–Crippen MR) is 114 cm³/mol. The van der Waals surface area contributed by atoms with Gasteiger partial charge in [0.1, 0.15) is 12.9 Å². The minimum absolute atomic E-state index is 0.141. The Morgan fingerprint density at radius 3 is 2.50 bits per heavy atom. The molecule has 0 aliphatic carbocycles. The molecule has 2 aromatic heterocycles. The number of carbonyl (C=O) groups is 1. The second kappa shape index (κ2) is 8.28. The van der Waals surface area contributed by atoms with Gasteiger partial charge in [-0.2, -0.15) is 0 Å². The standard InChI is InChI=1S/C22H22N6O2/c1-15(2)17-8-10-18(11-9-17)24-19(29)13-27-14-23-21-20(22(27)30)25-26-28(21)12-16-6-4-3-5-7-16/h3-11,14-15H,12-13H2,1-2H3,(H,24,29). The van der Waals surface area contributed by atoms with E-state index in [1.807, 2.05) is 54.6 Å². The molecule has 0 saturated heterocycles. The highest BCUT2D eigenvalue weighted by Gasteiger charge is 2.14. The highest BCUT2D eigenvalue weighted by Crippen LogP contribution is 2.17. The van der Waals surface area contributed by atoms with E-state index in [0.29, 0.717) is 23.8 Å². The van der Waals surface area contributed by atoms with Gasteiger partial charge in [-0.3, -0.25) is 14.2 Å². The lowest BCUT2D eigenvalue weighted by Gasteiger charge is -2.09. The van der Waals surface area contributed by atoms with Gasteiger partial charge in [0.05, 0.1) is 6.54 Å². The topological polar surface area (TPSA) is 94.7 Å². The Morgan fingerprint density at radius 1 is 1.07 bits per heavy atom. The minimum Gasteiger partial charge on any atom is -0.325 e. The molecule has 0 spiro atoms. The van der Waals surface area contributed by atoms with Crippen LogP contribution in [0.5, 0.6) is 0 Å². The van der Waals surface area contributed by atoms with Crippen LogP contribution in [0.4, 0.5) is 5.69 Å². The van der Waals surface area contributed by atoms with Crippen LogP contribution < -0.4 is 10.9 Å². The van der Waals surface area contributed by atoms with Crippen LogP contribution in [0.15, 0.2) is 65.7 Å². The number of aromatic nitrogens is 5.